The van der Waals surface area contributed by atoms with E-state index in [1.54, 1.807) is 33.9 Å². The second kappa shape index (κ2) is 41.1. The zero-order valence-electron chi connectivity index (χ0n) is 61.2. The first-order valence-electron chi connectivity index (χ1n) is 35.4. The van der Waals surface area contributed by atoms with E-state index in [0.29, 0.717) is 69.0 Å². The number of phenols is 1. The van der Waals surface area contributed by atoms with E-state index in [-0.39, 0.29) is 43.5 Å². The number of aromatic hydroxyl groups is 1. The van der Waals surface area contributed by atoms with Crippen LogP contribution in [0.5, 0.6) is 23.0 Å². The number of piperidine rings is 2. The normalized spacial score (nSPS) is 14.1. The number of nitrogens with one attached hydrogen (secondary N) is 1. The number of carbonyl (C=O) groups excluding carboxylic acids is 3. The van der Waals surface area contributed by atoms with E-state index in [4.69, 9.17) is 163 Å². The molecule has 2 N–H and O–H groups in total. The van der Waals surface area contributed by atoms with Gasteiger partial charge in [-0.2, -0.15) is 0 Å². The van der Waals surface area contributed by atoms with E-state index in [1.165, 1.54) is 7.06 Å². The van der Waals surface area contributed by atoms with Crippen molar-refractivity contribution in [1.82, 2.24) is 20.0 Å². The third kappa shape index (κ3) is 22.8. The van der Waals surface area contributed by atoms with Crippen LogP contribution in [0.3, 0.4) is 0 Å². The Morgan fingerprint density at radius 1 is 0.538 bits per heavy atom. The number of hydrogen-bond donors (Lipinski definition) is 2. The zero-order chi connectivity index (χ0) is 76.6. The summed E-state index contributed by atoms with van der Waals surface area (Å²) < 4.78 is 29.8. The summed E-state index contributed by atoms with van der Waals surface area (Å²) in [5.41, 5.74) is 5.01. The summed E-state index contributed by atoms with van der Waals surface area (Å²) in [7, 11) is 113. The van der Waals surface area contributed by atoms with Crippen molar-refractivity contribution in [2.75, 3.05) is 66.3 Å². The maximum atomic E-state index is 13.1. The summed E-state index contributed by atoms with van der Waals surface area (Å²) in [4.78, 5) is 43.7. The van der Waals surface area contributed by atoms with Gasteiger partial charge in [0.05, 0.1) is 0 Å². The SMILES string of the molecule is C.CCN(CC)C(=O)c1ccc(C2=CC3(CCN(C(=O)OC(C)(C)C)CC3)Oc3ccccc32)c(OCOC)c1.CCN(CC)C(=O)c1ccc(C2=CC3(CCNCC3)Oc3ccccc32)c(O)c1.[B][B]B([B])B(B(B([B])[B])B([B])[B])B(B(B([B])[B])B([B])[B])B(B(B([B])[B])B([B])[B])B(B([B])[B])B([B])[B]. The summed E-state index contributed by atoms with van der Waals surface area (Å²) >= 11 is 0. The van der Waals surface area contributed by atoms with Crippen LogP contribution >= 0.6 is 0 Å². The Labute approximate surface area is 654 Å². The van der Waals surface area contributed by atoms with Crippen molar-refractivity contribution in [3.8, 4) is 23.0 Å². The van der Waals surface area contributed by atoms with Crippen LogP contribution in [0.15, 0.2) is 97.1 Å². The molecule has 0 unspecified atom stereocenters. The molecule has 37 radical (unpaired) electrons. The number of phenolic OH excluding ortho intramolecular Hbond substituents is 1. The number of likely N-dealkylation sites (tertiary alicyclic amines) is 1. The Hall–Kier alpha value is -4.04. The molecule has 4 heterocycles. The molecule has 4 aromatic carbocycles. The monoisotopic (exact) mass is 1330 g/mol. The van der Waals surface area contributed by atoms with Crippen molar-refractivity contribution >= 4 is 278 Å². The van der Waals surface area contributed by atoms with Crippen molar-refractivity contribution in [3.63, 3.8) is 0 Å². The fraction of sp³-hybridized carbons (Fsp3) is 0.446. The highest BCUT2D eigenvalue weighted by Crippen LogP contribution is 2.47. The largest absolute Gasteiger partial charge is 0.507 e. The standard InChI is InChI=1S/C31H40N2O6.C24H28N2O3.CH4.B35/c1-7-32(8-2)28(34)22-13-14-24(27(19-22)37-21-36-6)25-20-31(38-26-12-10-9-11-23(25)26)15-17-33(18-16-31)29(35)39-30(3,4)5;1-3-26(4-2)23(28)17-9-10-18(21(27)15-17)20-16-24(11-13-25-14-12-24)29-22-8-6-5-7-19(20)22;;1-19-28(18)33(29(20(2)3)21(4)5)35(32(26(14)15)27(16)17)34(30(22(6)7)23(8)9)31(24(10)11)25(12)13/h9-14,19-20H,7-8,15-18,21H2,1-6H3;5-10,15-16,25,27H,3-4,11-14H2,1-2H3;1H4;. The first-order valence-corrected chi connectivity index (χ1v) is 35.4. The lowest BCUT2D eigenvalue weighted by Crippen LogP contribution is -2.90. The predicted octanol–water partition coefficient (Wildman–Crippen LogP) is -3.13. The van der Waals surface area contributed by atoms with Gasteiger partial charge in [0.15, 0.2) is 6.79 Å². The van der Waals surface area contributed by atoms with Gasteiger partial charge in [0.1, 0.15) is 39.8 Å². The molecule has 48 heteroatoms. The summed E-state index contributed by atoms with van der Waals surface area (Å²) in [6.07, 6.45) is -9.36. The molecule has 2 spiro atoms. The van der Waals surface area contributed by atoms with Gasteiger partial charge < -0.3 is 48.8 Å². The van der Waals surface area contributed by atoms with Crippen LogP contribution in [-0.2, 0) is 9.47 Å². The molecular weight excluding hydrogens is 1250 g/mol. The van der Waals surface area contributed by atoms with E-state index in [0.717, 1.165) is 70.8 Å². The molecular formula is C56H72B35N4O9. The lowest BCUT2D eigenvalue weighted by molar-refractivity contribution is -0.00120. The van der Waals surface area contributed by atoms with Gasteiger partial charge in [-0.25, -0.2) is 4.79 Å². The van der Waals surface area contributed by atoms with Crippen LogP contribution in [0.4, 0.5) is 4.79 Å². The molecule has 0 saturated carbocycles. The minimum Gasteiger partial charge on any atom is -0.507 e. The molecule has 104 heavy (non-hydrogen) atoms. The fourth-order valence-electron chi connectivity index (χ4n) is 14.8. The molecule has 2 fully saturated rings. The van der Waals surface area contributed by atoms with E-state index in [2.05, 4.69) is 17.5 Å². The molecule has 0 atom stereocenters. The molecule has 13 nitrogen and oxygen atoms in total. The van der Waals surface area contributed by atoms with Gasteiger partial charge in [-0.05, 0) is 133 Å². The highest BCUT2D eigenvalue weighted by molar-refractivity contribution is 8.30. The first-order chi connectivity index (χ1) is 48.6. The second-order valence-corrected chi connectivity index (χ2v) is 28.0. The number of benzene rings is 4. The van der Waals surface area contributed by atoms with Gasteiger partial charge in [0.2, 0.25) is 0 Å². The number of fused-ring (bicyclic) bond motifs is 2. The quantitative estimate of drug-likeness (QED) is 0.0467. The first kappa shape index (κ1) is 90.6. The second-order valence-electron chi connectivity index (χ2n) is 28.0. The van der Waals surface area contributed by atoms with E-state index >= 15 is 0 Å². The number of carbonyl (C=O) groups is 3. The Morgan fingerprint density at radius 2 is 0.913 bits per heavy atom. The average molecular weight is 1320 g/mol. The van der Waals surface area contributed by atoms with Crippen LogP contribution in [-0.4, -0.2) is 369 Å². The Morgan fingerprint density at radius 3 is 1.30 bits per heavy atom. The van der Waals surface area contributed by atoms with Gasteiger partial charge in [-0.1, -0.05) is 43.8 Å². The van der Waals surface area contributed by atoms with Crippen LogP contribution in [0.2, 0.25) is 0 Å². The molecule has 2 saturated heterocycles. The van der Waals surface area contributed by atoms with Crippen LogP contribution in [0.25, 0.3) is 11.1 Å². The van der Waals surface area contributed by atoms with Crippen molar-refractivity contribution < 1.29 is 43.2 Å². The van der Waals surface area contributed by atoms with Gasteiger partial charge >= 0.3 is 6.09 Å². The molecule has 0 bridgehead atoms. The maximum Gasteiger partial charge on any atom is 0.410 e. The van der Waals surface area contributed by atoms with Crippen molar-refractivity contribution in [2.24, 2.45) is 0 Å². The Kier molecular flexibility index (Phi) is 35.8. The van der Waals surface area contributed by atoms with Crippen molar-refractivity contribution in [1.29, 1.82) is 0 Å². The summed E-state index contributed by atoms with van der Waals surface area (Å²) in [5.74, 6) is 2.21. The topological polar surface area (TPSA) is 139 Å². The molecule has 8 rings (SSSR count). The average Bonchev–Trinajstić information content (AvgIpc) is 0.763. The summed E-state index contributed by atoms with van der Waals surface area (Å²) in [6.45, 7) is 18.9. The number of hydrogen-bond acceptors (Lipinski definition) is 10. The van der Waals surface area contributed by atoms with E-state index < -0.39 is 113 Å². The summed E-state index contributed by atoms with van der Waals surface area (Å²) in [5, 5.41) is 14.3. The molecule has 3 amide bonds. The lowest BCUT2D eigenvalue weighted by atomic mass is 8.29. The molecule has 4 aromatic rings. The number of para-hydroxylation sites is 2. The third-order valence-electron chi connectivity index (χ3n) is 19.9. The molecule has 475 valence electrons. The van der Waals surface area contributed by atoms with Crippen LogP contribution < -0.4 is 19.5 Å². The van der Waals surface area contributed by atoms with E-state index in [1.807, 2.05) is 121 Å². The minimum atomic E-state index is -1.13. The number of rotatable bonds is 27. The van der Waals surface area contributed by atoms with Crippen LogP contribution in [0, 0.1) is 0 Å². The molecule has 4 aliphatic heterocycles. The smallest absolute Gasteiger partial charge is 0.410 e. The van der Waals surface area contributed by atoms with E-state index in [9.17, 15) is 19.5 Å². The summed E-state index contributed by atoms with van der Waals surface area (Å²) in [6, 6.07) is 26.7. The molecule has 0 aromatic heterocycles. The van der Waals surface area contributed by atoms with Crippen molar-refractivity contribution in [2.45, 2.75) is 98.4 Å². The number of ether oxygens (including phenoxy) is 5. The fourth-order valence-corrected chi connectivity index (χ4v) is 14.8. The number of amides is 3. The lowest BCUT2D eigenvalue weighted by Gasteiger charge is -2.52. The van der Waals surface area contributed by atoms with Gasteiger partial charge in [-0.15, -0.1) is 0 Å². The van der Waals surface area contributed by atoms with Crippen LogP contribution in [0.1, 0.15) is 125 Å². The Balaban J connectivity index is 0.000000282. The highest BCUT2D eigenvalue weighted by Gasteiger charge is 2.55. The number of nitrogens with zero attached hydrogens (tertiary/aromatic N) is 3. The highest BCUT2D eigenvalue weighted by atomic mass is 16.7. The zero-order valence-corrected chi connectivity index (χ0v) is 61.2. The third-order valence-corrected chi connectivity index (χ3v) is 19.9. The number of methoxy groups -OCH3 is 1. The Bertz CT molecular complexity index is 3420. The minimum absolute atomic E-state index is 0. The van der Waals surface area contributed by atoms with Gasteiger partial charge in [-0.3, -0.25) is 9.59 Å². The van der Waals surface area contributed by atoms with Gasteiger partial charge in [0.25, 0.3) is 11.8 Å². The van der Waals surface area contributed by atoms with Crippen molar-refractivity contribution in [3.05, 3.63) is 130 Å². The molecule has 4 aliphatic rings. The predicted molar refractivity (Wildman–Crippen MR) is 473 cm³/mol. The molecule has 0 aliphatic carbocycles. The van der Waals surface area contributed by atoms with Gasteiger partial charge in [0, 0.05) is 354 Å². The maximum absolute atomic E-state index is 13.1.